The molecule has 0 bridgehead atoms. The Labute approximate surface area is 75.2 Å². The highest BCUT2D eigenvalue weighted by Gasteiger charge is 1.91. The fourth-order valence-electron chi connectivity index (χ4n) is 1.03. The van der Waals surface area contributed by atoms with Crippen LogP contribution in [0.25, 0.3) is 5.57 Å². The summed E-state index contributed by atoms with van der Waals surface area (Å²) in [7, 11) is 0. The normalized spacial score (nSPS) is 10.2. The van der Waals surface area contributed by atoms with Crippen molar-refractivity contribution in [1.82, 2.24) is 0 Å². The van der Waals surface area contributed by atoms with Crippen molar-refractivity contribution in [1.29, 1.82) is 0 Å². The van der Waals surface area contributed by atoms with Crippen LogP contribution in [0, 0.1) is 0 Å². The third-order valence-corrected chi connectivity index (χ3v) is 1.64. The van der Waals surface area contributed by atoms with Crippen LogP contribution in [-0.2, 0) is 0 Å². The van der Waals surface area contributed by atoms with E-state index in [1.807, 2.05) is 31.2 Å². The maximum atomic E-state index is 3.74. The van der Waals surface area contributed by atoms with Crippen molar-refractivity contribution in [3.63, 3.8) is 0 Å². The Balaban J connectivity index is 0.00000121. The molecule has 0 saturated carbocycles. The lowest BCUT2D eigenvalue weighted by Gasteiger charge is -1.98. The number of rotatable bonds is 2. The van der Waals surface area contributed by atoms with E-state index in [4.69, 9.17) is 0 Å². The van der Waals surface area contributed by atoms with Crippen molar-refractivity contribution in [3.8, 4) is 0 Å². The molecule has 0 saturated heterocycles. The summed E-state index contributed by atoms with van der Waals surface area (Å²) < 4.78 is 0. The Kier molecular flexibility index (Phi) is 4.78. The molecule has 0 N–H and O–H groups in total. The zero-order valence-electron chi connectivity index (χ0n) is 6.75. The molecule has 0 aliphatic heterocycles. The lowest BCUT2D eigenvalue weighted by atomic mass is 10.1. The molecule has 0 atom stereocenters. The third-order valence-electron chi connectivity index (χ3n) is 1.64. The quantitative estimate of drug-likeness (QED) is 0.575. The van der Waals surface area contributed by atoms with Gasteiger partial charge in [-0.1, -0.05) is 56.5 Å². The highest BCUT2D eigenvalue weighted by Crippen LogP contribution is 2.13. The summed E-state index contributed by atoms with van der Waals surface area (Å²) >= 11 is 0. The second kappa shape index (κ2) is 5.36. The summed E-state index contributed by atoms with van der Waals surface area (Å²) in [6.45, 7) is 5.76. The van der Waals surface area contributed by atoms with Gasteiger partial charge in [0.25, 0.3) is 0 Å². The van der Waals surface area contributed by atoms with Gasteiger partial charge in [0.05, 0.1) is 0 Å². The predicted octanol–water partition coefficient (Wildman–Crippen LogP) is 3.91. The summed E-state index contributed by atoms with van der Waals surface area (Å²) in [5, 5.41) is 0. The van der Waals surface area contributed by atoms with Crippen LogP contribution in [0.4, 0.5) is 0 Å². The van der Waals surface area contributed by atoms with Crippen LogP contribution in [0.1, 0.15) is 19.9 Å². The minimum atomic E-state index is 0. The van der Waals surface area contributed by atoms with Gasteiger partial charge in [0.1, 0.15) is 0 Å². The van der Waals surface area contributed by atoms with Crippen molar-refractivity contribution in [2.45, 2.75) is 14.4 Å². The fraction of sp³-hybridized carbons (Fsp3) is 0.167. The monoisotopic (exact) mass is 160 g/mol. The van der Waals surface area contributed by atoms with Crippen LogP contribution < -0.4 is 0 Å². The third kappa shape index (κ3) is 2.39. The van der Waals surface area contributed by atoms with Gasteiger partial charge in [-0.3, -0.25) is 0 Å². The second-order valence-corrected chi connectivity index (χ2v) is 2.31. The van der Waals surface area contributed by atoms with E-state index in [0.717, 1.165) is 0 Å². The fourth-order valence-corrected chi connectivity index (χ4v) is 1.03. The van der Waals surface area contributed by atoms with Crippen LogP contribution in [-0.4, -0.2) is 0 Å². The Bertz CT molecular complexity index is 255. The molecule has 64 valence electrons. The second-order valence-electron chi connectivity index (χ2n) is 2.31. The van der Waals surface area contributed by atoms with E-state index in [9.17, 15) is 0 Å². The van der Waals surface area contributed by atoms with Gasteiger partial charge in [0, 0.05) is 0 Å². The number of hydrogen-bond acceptors (Lipinski definition) is 0. The minimum absolute atomic E-state index is 0. The highest BCUT2D eigenvalue weighted by molar-refractivity contribution is 5.72. The van der Waals surface area contributed by atoms with Gasteiger partial charge in [0.15, 0.2) is 0 Å². The van der Waals surface area contributed by atoms with E-state index in [1.54, 1.807) is 0 Å². The van der Waals surface area contributed by atoms with Crippen molar-refractivity contribution in [2.24, 2.45) is 0 Å². The molecule has 0 unspecified atom stereocenters. The molecule has 0 aromatic heterocycles. The first kappa shape index (κ1) is 10.7. The van der Waals surface area contributed by atoms with Crippen molar-refractivity contribution < 1.29 is 0 Å². The van der Waals surface area contributed by atoms with E-state index < -0.39 is 0 Å². The summed E-state index contributed by atoms with van der Waals surface area (Å²) in [6.07, 6.45) is 3.93. The lowest BCUT2D eigenvalue weighted by Crippen LogP contribution is -1.76. The van der Waals surface area contributed by atoms with Crippen LogP contribution >= 0.6 is 0 Å². The Morgan fingerprint density at radius 3 is 2.25 bits per heavy atom. The average Bonchev–Trinajstić information content (AvgIpc) is 2.09. The Morgan fingerprint density at radius 2 is 1.83 bits per heavy atom. The van der Waals surface area contributed by atoms with Gasteiger partial charge in [-0.15, -0.1) is 0 Å². The summed E-state index contributed by atoms with van der Waals surface area (Å²) in [4.78, 5) is 0. The molecule has 0 aliphatic rings. The molecular weight excluding hydrogens is 144 g/mol. The van der Waals surface area contributed by atoms with Gasteiger partial charge in [-0.05, 0) is 18.1 Å². The van der Waals surface area contributed by atoms with E-state index in [-0.39, 0.29) is 7.43 Å². The molecule has 0 fully saturated rings. The maximum Gasteiger partial charge on any atom is -0.0188 e. The van der Waals surface area contributed by atoms with Crippen LogP contribution in [0.5, 0.6) is 0 Å². The first-order valence-corrected chi connectivity index (χ1v) is 3.72. The smallest absolute Gasteiger partial charge is 0.0188 e. The molecule has 0 nitrogen and oxygen atoms in total. The van der Waals surface area contributed by atoms with Crippen LogP contribution in [0.15, 0.2) is 49.1 Å². The molecule has 0 heterocycles. The van der Waals surface area contributed by atoms with E-state index >= 15 is 0 Å². The Hall–Kier alpha value is -1.30. The van der Waals surface area contributed by atoms with E-state index in [1.165, 1.54) is 11.1 Å². The first-order chi connectivity index (χ1) is 5.38. The van der Waals surface area contributed by atoms with Gasteiger partial charge in [0.2, 0.25) is 0 Å². The maximum absolute atomic E-state index is 3.74. The lowest BCUT2D eigenvalue weighted by molar-refractivity contribution is 1.60. The number of hydrogen-bond donors (Lipinski definition) is 0. The minimum Gasteiger partial charge on any atom is -0.0985 e. The highest BCUT2D eigenvalue weighted by atomic mass is 14.0. The van der Waals surface area contributed by atoms with Gasteiger partial charge in [-0.25, -0.2) is 0 Å². The standard InChI is InChI=1S/C11H12.CH4/c1-3-10(4-2)11-8-6-5-7-9-11;/h3-9H,1H2,2H3;1H4/b10-4+;. The average molecular weight is 160 g/mol. The van der Waals surface area contributed by atoms with Crippen molar-refractivity contribution in [3.05, 3.63) is 54.6 Å². The van der Waals surface area contributed by atoms with Crippen LogP contribution in [0.3, 0.4) is 0 Å². The number of benzene rings is 1. The molecule has 12 heavy (non-hydrogen) atoms. The SMILES string of the molecule is C.C=C/C(=C\C)c1ccccc1. The molecule has 1 aromatic rings. The molecule has 0 amide bonds. The first-order valence-electron chi connectivity index (χ1n) is 3.72. The summed E-state index contributed by atoms with van der Waals surface area (Å²) in [5.74, 6) is 0. The summed E-state index contributed by atoms with van der Waals surface area (Å²) in [5.41, 5.74) is 2.41. The molecular formula is C12H16. The predicted molar refractivity (Wildman–Crippen MR) is 57.0 cm³/mol. The van der Waals surface area contributed by atoms with Gasteiger partial charge >= 0.3 is 0 Å². The van der Waals surface area contributed by atoms with Gasteiger partial charge < -0.3 is 0 Å². The van der Waals surface area contributed by atoms with Crippen molar-refractivity contribution >= 4 is 5.57 Å². The topological polar surface area (TPSA) is 0 Å². The molecule has 1 aromatic carbocycles. The molecule has 0 heteroatoms. The number of allylic oxidation sites excluding steroid dienone is 3. The van der Waals surface area contributed by atoms with Crippen LogP contribution in [0.2, 0.25) is 0 Å². The Morgan fingerprint density at radius 1 is 1.25 bits per heavy atom. The molecule has 0 radical (unpaired) electrons. The zero-order chi connectivity index (χ0) is 8.10. The van der Waals surface area contributed by atoms with E-state index in [2.05, 4.69) is 24.8 Å². The van der Waals surface area contributed by atoms with Gasteiger partial charge in [-0.2, -0.15) is 0 Å². The molecule has 0 spiro atoms. The molecule has 1 rings (SSSR count). The van der Waals surface area contributed by atoms with E-state index in [0.29, 0.717) is 0 Å². The zero-order valence-corrected chi connectivity index (χ0v) is 6.75. The van der Waals surface area contributed by atoms with Crippen molar-refractivity contribution in [2.75, 3.05) is 0 Å². The largest absolute Gasteiger partial charge is 0.0985 e. The molecule has 0 aliphatic carbocycles. The summed E-state index contributed by atoms with van der Waals surface area (Å²) in [6, 6.07) is 10.2.